The van der Waals surface area contributed by atoms with Crippen LogP contribution in [0.3, 0.4) is 0 Å². The lowest BCUT2D eigenvalue weighted by Crippen LogP contribution is -2.36. The SMILES string of the molecule is CCCNC(C)CCN(CCC)CCN(C)C. The lowest BCUT2D eigenvalue weighted by Gasteiger charge is -2.25. The zero-order chi connectivity index (χ0) is 13.1. The molecule has 0 aromatic carbocycles. The second-order valence-electron chi connectivity index (χ2n) is 5.29. The summed E-state index contributed by atoms with van der Waals surface area (Å²) in [4.78, 5) is 4.85. The third kappa shape index (κ3) is 10.7. The first kappa shape index (κ1) is 16.9. The summed E-state index contributed by atoms with van der Waals surface area (Å²) in [7, 11) is 4.30. The molecule has 0 aliphatic rings. The van der Waals surface area contributed by atoms with E-state index in [1.807, 2.05) is 0 Å². The fourth-order valence-corrected chi connectivity index (χ4v) is 1.86. The summed E-state index contributed by atoms with van der Waals surface area (Å²) in [6, 6.07) is 0.647. The summed E-state index contributed by atoms with van der Waals surface area (Å²) in [5, 5.41) is 3.56. The highest BCUT2D eigenvalue weighted by atomic mass is 15.2. The molecule has 0 spiro atoms. The lowest BCUT2D eigenvalue weighted by molar-refractivity contribution is 0.231. The fourth-order valence-electron chi connectivity index (χ4n) is 1.86. The molecule has 3 heteroatoms. The van der Waals surface area contributed by atoms with E-state index in [0.717, 1.165) is 13.1 Å². The van der Waals surface area contributed by atoms with Crippen molar-refractivity contribution in [3.05, 3.63) is 0 Å². The number of hydrogen-bond donors (Lipinski definition) is 1. The van der Waals surface area contributed by atoms with E-state index < -0.39 is 0 Å². The molecule has 0 saturated heterocycles. The van der Waals surface area contributed by atoms with Gasteiger partial charge < -0.3 is 15.1 Å². The zero-order valence-corrected chi connectivity index (χ0v) is 12.6. The molecule has 0 bridgehead atoms. The monoisotopic (exact) mass is 243 g/mol. The van der Waals surface area contributed by atoms with E-state index in [9.17, 15) is 0 Å². The van der Waals surface area contributed by atoms with Gasteiger partial charge in [0.2, 0.25) is 0 Å². The Kier molecular flexibility index (Phi) is 10.9. The predicted octanol–water partition coefficient (Wildman–Crippen LogP) is 2.04. The Hall–Kier alpha value is -0.120. The molecule has 0 fully saturated rings. The molecule has 0 aromatic heterocycles. The molecule has 1 N–H and O–H groups in total. The van der Waals surface area contributed by atoms with E-state index in [1.165, 1.54) is 38.9 Å². The number of nitrogens with zero attached hydrogens (tertiary/aromatic N) is 2. The highest BCUT2D eigenvalue weighted by molar-refractivity contribution is 4.65. The molecule has 1 atom stereocenters. The average molecular weight is 243 g/mol. The van der Waals surface area contributed by atoms with Gasteiger partial charge in [-0.2, -0.15) is 0 Å². The third-order valence-electron chi connectivity index (χ3n) is 3.02. The van der Waals surface area contributed by atoms with Gasteiger partial charge in [0, 0.05) is 19.1 Å². The quantitative estimate of drug-likeness (QED) is 0.599. The summed E-state index contributed by atoms with van der Waals surface area (Å²) < 4.78 is 0. The van der Waals surface area contributed by atoms with Gasteiger partial charge in [-0.05, 0) is 59.9 Å². The fraction of sp³-hybridized carbons (Fsp3) is 1.00. The van der Waals surface area contributed by atoms with Crippen LogP contribution in [-0.4, -0.2) is 62.7 Å². The van der Waals surface area contributed by atoms with Gasteiger partial charge in [0.1, 0.15) is 0 Å². The molecule has 17 heavy (non-hydrogen) atoms. The van der Waals surface area contributed by atoms with E-state index in [1.54, 1.807) is 0 Å². The van der Waals surface area contributed by atoms with Crippen molar-refractivity contribution >= 4 is 0 Å². The van der Waals surface area contributed by atoms with Crippen molar-refractivity contribution < 1.29 is 0 Å². The van der Waals surface area contributed by atoms with Crippen LogP contribution in [0.1, 0.15) is 40.0 Å². The van der Waals surface area contributed by atoms with E-state index in [4.69, 9.17) is 0 Å². The topological polar surface area (TPSA) is 18.5 Å². The summed E-state index contributed by atoms with van der Waals surface area (Å²) in [6.07, 6.45) is 3.74. The molecular formula is C14H33N3. The second-order valence-corrected chi connectivity index (χ2v) is 5.29. The van der Waals surface area contributed by atoms with Crippen LogP contribution in [0.4, 0.5) is 0 Å². The van der Waals surface area contributed by atoms with Crippen LogP contribution < -0.4 is 5.32 Å². The van der Waals surface area contributed by atoms with Crippen molar-refractivity contribution in [1.29, 1.82) is 0 Å². The Bertz CT molecular complexity index is 160. The summed E-state index contributed by atoms with van der Waals surface area (Å²) in [6.45, 7) is 12.7. The van der Waals surface area contributed by atoms with Crippen molar-refractivity contribution in [2.45, 2.75) is 46.1 Å². The molecule has 0 amide bonds. The van der Waals surface area contributed by atoms with Gasteiger partial charge in [0.25, 0.3) is 0 Å². The molecule has 3 nitrogen and oxygen atoms in total. The van der Waals surface area contributed by atoms with Crippen LogP contribution in [0.25, 0.3) is 0 Å². The molecule has 0 rings (SSSR count). The highest BCUT2D eigenvalue weighted by Crippen LogP contribution is 1.98. The Morgan fingerprint density at radius 2 is 1.65 bits per heavy atom. The maximum Gasteiger partial charge on any atom is 0.0109 e. The molecule has 1 unspecified atom stereocenters. The van der Waals surface area contributed by atoms with Crippen molar-refractivity contribution in [2.75, 3.05) is 46.8 Å². The highest BCUT2D eigenvalue weighted by Gasteiger charge is 2.07. The standard InChI is InChI=1S/C14H33N3/c1-6-9-15-14(3)8-11-17(10-7-2)13-12-16(4)5/h14-15H,6-13H2,1-5H3. The van der Waals surface area contributed by atoms with Crippen LogP contribution in [0, 0.1) is 0 Å². The molecule has 0 aromatic rings. The van der Waals surface area contributed by atoms with Crippen LogP contribution in [0.5, 0.6) is 0 Å². The zero-order valence-electron chi connectivity index (χ0n) is 12.6. The first-order chi connectivity index (χ1) is 8.10. The molecule has 0 saturated carbocycles. The maximum absolute atomic E-state index is 3.56. The number of rotatable bonds is 11. The first-order valence-electron chi connectivity index (χ1n) is 7.20. The van der Waals surface area contributed by atoms with Crippen molar-refractivity contribution in [2.24, 2.45) is 0 Å². The number of nitrogens with one attached hydrogen (secondary N) is 1. The molecule has 0 aliphatic heterocycles. The van der Waals surface area contributed by atoms with E-state index >= 15 is 0 Å². The number of likely N-dealkylation sites (N-methyl/N-ethyl adjacent to an activating group) is 1. The Balaban J connectivity index is 3.74. The van der Waals surface area contributed by atoms with Crippen molar-refractivity contribution in [1.82, 2.24) is 15.1 Å². The maximum atomic E-state index is 3.56. The predicted molar refractivity (Wildman–Crippen MR) is 77.7 cm³/mol. The average Bonchev–Trinajstić information content (AvgIpc) is 2.29. The molecule has 0 aliphatic carbocycles. The van der Waals surface area contributed by atoms with Crippen molar-refractivity contribution in [3.8, 4) is 0 Å². The van der Waals surface area contributed by atoms with Crippen LogP contribution in [0.2, 0.25) is 0 Å². The smallest absolute Gasteiger partial charge is 0.0109 e. The second kappa shape index (κ2) is 11.0. The minimum atomic E-state index is 0.647. The van der Waals surface area contributed by atoms with Gasteiger partial charge in [0.15, 0.2) is 0 Å². The van der Waals surface area contributed by atoms with Crippen LogP contribution in [-0.2, 0) is 0 Å². The van der Waals surface area contributed by atoms with Crippen LogP contribution in [0.15, 0.2) is 0 Å². The number of hydrogen-bond acceptors (Lipinski definition) is 3. The Labute approximate surface area is 109 Å². The van der Waals surface area contributed by atoms with Gasteiger partial charge in [-0.15, -0.1) is 0 Å². The van der Waals surface area contributed by atoms with Gasteiger partial charge in [0.05, 0.1) is 0 Å². The first-order valence-corrected chi connectivity index (χ1v) is 7.20. The van der Waals surface area contributed by atoms with Gasteiger partial charge in [-0.1, -0.05) is 13.8 Å². The molecular weight excluding hydrogens is 210 g/mol. The largest absolute Gasteiger partial charge is 0.314 e. The summed E-state index contributed by atoms with van der Waals surface area (Å²) >= 11 is 0. The van der Waals surface area contributed by atoms with Crippen molar-refractivity contribution in [3.63, 3.8) is 0 Å². The van der Waals surface area contributed by atoms with Gasteiger partial charge in [-0.25, -0.2) is 0 Å². The van der Waals surface area contributed by atoms with E-state index in [0.29, 0.717) is 6.04 Å². The van der Waals surface area contributed by atoms with Gasteiger partial charge in [-0.3, -0.25) is 0 Å². The van der Waals surface area contributed by atoms with E-state index in [-0.39, 0.29) is 0 Å². The summed E-state index contributed by atoms with van der Waals surface area (Å²) in [5.41, 5.74) is 0. The molecule has 0 heterocycles. The van der Waals surface area contributed by atoms with Gasteiger partial charge >= 0.3 is 0 Å². The van der Waals surface area contributed by atoms with Crippen LogP contribution >= 0.6 is 0 Å². The third-order valence-corrected chi connectivity index (χ3v) is 3.02. The normalized spacial score (nSPS) is 13.6. The van der Waals surface area contributed by atoms with E-state index in [2.05, 4.69) is 50.0 Å². The minimum Gasteiger partial charge on any atom is -0.314 e. The molecule has 0 radical (unpaired) electrons. The Morgan fingerprint density at radius 1 is 0.941 bits per heavy atom. The summed E-state index contributed by atoms with van der Waals surface area (Å²) in [5.74, 6) is 0. The minimum absolute atomic E-state index is 0.647. The Morgan fingerprint density at radius 3 is 2.18 bits per heavy atom. The lowest BCUT2D eigenvalue weighted by atomic mass is 10.2. The molecule has 104 valence electrons.